The topological polar surface area (TPSA) is 133 Å². The summed E-state index contributed by atoms with van der Waals surface area (Å²) < 4.78 is 0. The van der Waals surface area contributed by atoms with Gasteiger partial charge >= 0.3 is 0 Å². The minimum atomic E-state index is -0.473. The Bertz CT molecular complexity index is 1630. The Morgan fingerprint density at radius 2 is 1.34 bits per heavy atom. The van der Waals surface area contributed by atoms with Crippen LogP contribution in [0.1, 0.15) is 40.0 Å². The SMILES string of the molecule is NC(=O)c1ccc2nc(-c3ccc(-c4nc5ccc(C(=O)NCCN6CCCCC6)cc5[nH]4)cc3)[nH]c2c1. The molecular formula is C29H29N7O2. The van der Waals surface area contributed by atoms with E-state index in [1.807, 2.05) is 42.5 Å². The van der Waals surface area contributed by atoms with Gasteiger partial charge in [0.1, 0.15) is 11.6 Å². The number of imidazole rings is 2. The third kappa shape index (κ3) is 4.88. The predicted molar refractivity (Wildman–Crippen MR) is 148 cm³/mol. The van der Waals surface area contributed by atoms with Crippen LogP contribution in [-0.4, -0.2) is 62.8 Å². The van der Waals surface area contributed by atoms with Crippen molar-refractivity contribution in [3.63, 3.8) is 0 Å². The monoisotopic (exact) mass is 507 g/mol. The van der Waals surface area contributed by atoms with Gasteiger partial charge in [-0.1, -0.05) is 30.7 Å². The molecule has 38 heavy (non-hydrogen) atoms. The third-order valence-electron chi connectivity index (χ3n) is 7.10. The van der Waals surface area contributed by atoms with Crippen molar-refractivity contribution >= 4 is 33.9 Å². The summed E-state index contributed by atoms with van der Waals surface area (Å²) in [6.45, 7) is 3.78. The Kier molecular flexibility index (Phi) is 6.35. The van der Waals surface area contributed by atoms with Crippen LogP contribution in [0.3, 0.4) is 0 Å². The maximum atomic E-state index is 12.7. The Morgan fingerprint density at radius 1 is 0.789 bits per heavy atom. The smallest absolute Gasteiger partial charge is 0.251 e. The fraction of sp³-hybridized carbons (Fsp3) is 0.241. The van der Waals surface area contributed by atoms with Gasteiger partial charge in [0, 0.05) is 35.3 Å². The molecule has 0 radical (unpaired) electrons. The molecule has 0 saturated carbocycles. The van der Waals surface area contributed by atoms with Gasteiger partial charge in [0.25, 0.3) is 5.91 Å². The number of rotatable bonds is 7. The normalized spacial score (nSPS) is 14.2. The number of aromatic nitrogens is 4. The van der Waals surface area contributed by atoms with Gasteiger partial charge in [-0.2, -0.15) is 0 Å². The van der Waals surface area contributed by atoms with Crippen LogP contribution in [0.4, 0.5) is 0 Å². The lowest BCUT2D eigenvalue weighted by molar-refractivity contribution is 0.0945. The maximum Gasteiger partial charge on any atom is 0.251 e. The standard InChI is InChI=1S/C29H29N7O2/c30-26(37)20-8-10-22-24(16-20)34-27(32-22)18-4-6-19(7-5-18)28-33-23-11-9-21(17-25(23)35-28)29(38)31-12-15-36-13-2-1-3-14-36/h4-11,16-17H,1-3,12-15H2,(H2,30,37)(H,31,38)(H,32,34)(H,33,35). The lowest BCUT2D eigenvalue weighted by Crippen LogP contribution is -2.37. The Hall–Kier alpha value is -4.50. The Balaban J connectivity index is 1.15. The van der Waals surface area contributed by atoms with Crippen LogP contribution in [0.15, 0.2) is 60.7 Å². The zero-order chi connectivity index (χ0) is 26.1. The summed E-state index contributed by atoms with van der Waals surface area (Å²) in [6.07, 6.45) is 3.80. The summed E-state index contributed by atoms with van der Waals surface area (Å²) in [5.41, 5.74) is 11.4. The van der Waals surface area contributed by atoms with E-state index >= 15 is 0 Å². The van der Waals surface area contributed by atoms with Gasteiger partial charge in [-0.15, -0.1) is 0 Å². The van der Waals surface area contributed by atoms with Crippen molar-refractivity contribution in [1.29, 1.82) is 0 Å². The fourth-order valence-electron chi connectivity index (χ4n) is 4.99. The first kappa shape index (κ1) is 23.9. The van der Waals surface area contributed by atoms with Gasteiger partial charge in [0.2, 0.25) is 5.91 Å². The first-order valence-electron chi connectivity index (χ1n) is 12.9. The van der Waals surface area contributed by atoms with E-state index in [0.717, 1.165) is 58.7 Å². The molecule has 5 N–H and O–H groups in total. The number of H-pyrrole nitrogens is 2. The number of aromatic amines is 2. The molecule has 3 aromatic carbocycles. The number of nitrogens with two attached hydrogens (primary N) is 1. The highest BCUT2D eigenvalue weighted by atomic mass is 16.2. The third-order valence-corrected chi connectivity index (χ3v) is 7.10. The van der Waals surface area contributed by atoms with Gasteiger partial charge in [-0.05, 0) is 62.3 Å². The van der Waals surface area contributed by atoms with Crippen LogP contribution in [0.5, 0.6) is 0 Å². The molecule has 1 fully saturated rings. The number of carbonyl (C=O) groups excluding carboxylic acids is 2. The van der Waals surface area contributed by atoms with Crippen molar-refractivity contribution in [2.45, 2.75) is 19.3 Å². The van der Waals surface area contributed by atoms with E-state index in [9.17, 15) is 9.59 Å². The molecule has 1 saturated heterocycles. The van der Waals surface area contributed by atoms with Crippen LogP contribution < -0.4 is 11.1 Å². The molecule has 0 unspecified atom stereocenters. The number of carbonyl (C=O) groups is 2. The van der Waals surface area contributed by atoms with E-state index in [2.05, 4.69) is 25.2 Å². The van der Waals surface area contributed by atoms with Crippen molar-refractivity contribution in [2.75, 3.05) is 26.2 Å². The first-order chi connectivity index (χ1) is 18.5. The fourth-order valence-corrected chi connectivity index (χ4v) is 4.99. The quantitative estimate of drug-likeness (QED) is 0.263. The average Bonchev–Trinajstić information content (AvgIpc) is 3.57. The number of benzene rings is 3. The zero-order valence-electron chi connectivity index (χ0n) is 21.0. The average molecular weight is 508 g/mol. The summed E-state index contributed by atoms with van der Waals surface area (Å²) in [4.78, 5) is 42.5. The highest BCUT2D eigenvalue weighted by Crippen LogP contribution is 2.26. The second-order valence-electron chi connectivity index (χ2n) is 9.73. The molecule has 9 nitrogen and oxygen atoms in total. The largest absolute Gasteiger partial charge is 0.366 e. The number of nitrogens with zero attached hydrogens (tertiary/aromatic N) is 3. The summed E-state index contributed by atoms with van der Waals surface area (Å²) in [7, 11) is 0. The van der Waals surface area contributed by atoms with E-state index in [1.165, 1.54) is 19.3 Å². The van der Waals surface area contributed by atoms with Gasteiger partial charge in [-0.3, -0.25) is 9.59 Å². The van der Waals surface area contributed by atoms with Crippen LogP contribution in [0.25, 0.3) is 44.8 Å². The molecule has 192 valence electrons. The van der Waals surface area contributed by atoms with Gasteiger partial charge in [-0.25, -0.2) is 9.97 Å². The van der Waals surface area contributed by atoms with Gasteiger partial charge < -0.3 is 25.9 Å². The van der Waals surface area contributed by atoms with Crippen molar-refractivity contribution in [2.24, 2.45) is 5.73 Å². The number of hydrogen-bond donors (Lipinski definition) is 4. The summed E-state index contributed by atoms with van der Waals surface area (Å²) in [5, 5.41) is 3.04. The van der Waals surface area contributed by atoms with Crippen molar-refractivity contribution in [1.82, 2.24) is 30.2 Å². The van der Waals surface area contributed by atoms with E-state index < -0.39 is 5.91 Å². The molecule has 2 aromatic heterocycles. The van der Waals surface area contributed by atoms with Crippen LogP contribution in [0, 0.1) is 0 Å². The molecule has 3 heterocycles. The predicted octanol–water partition coefficient (Wildman–Crippen LogP) is 4.09. The number of fused-ring (bicyclic) bond motifs is 2. The molecule has 6 rings (SSSR count). The lowest BCUT2D eigenvalue weighted by Gasteiger charge is -2.26. The second kappa shape index (κ2) is 10.1. The molecule has 0 bridgehead atoms. The number of nitrogens with one attached hydrogen (secondary N) is 3. The second-order valence-corrected chi connectivity index (χ2v) is 9.73. The number of piperidine rings is 1. The first-order valence-corrected chi connectivity index (χ1v) is 12.9. The molecule has 0 spiro atoms. The molecule has 2 amide bonds. The van der Waals surface area contributed by atoms with Gasteiger partial charge in [0.15, 0.2) is 0 Å². The van der Waals surface area contributed by atoms with Crippen LogP contribution in [0.2, 0.25) is 0 Å². The Morgan fingerprint density at radius 3 is 1.92 bits per heavy atom. The molecule has 1 aliphatic rings. The summed E-state index contributed by atoms with van der Waals surface area (Å²) in [6, 6.07) is 18.6. The minimum absolute atomic E-state index is 0.0711. The van der Waals surface area contributed by atoms with E-state index in [4.69, 9.17) is 10.7 Å². The van der Waals surface area contributed by atoms with E-state index in [1.54, 1.807) is 18.2 Å². The molecular weight excluding hydrogens is 478 g/mol. The number of hydrogen-bond acceptors (Lipinski definition) is 5. The zero-order valence-corrected chi connectivity index (χ0v) is 21.0. The van der Waals surface area contributed by atoms with E-state index in [0.29, 0.717) is 23.5 Å². The summed E-state index contributed by atoms with van der Waals surface area (Å²) in [5.74, 6) is 0.885. The molecule has 5 aromatic rings. The molecule has 1 aliphatic heterocycles. The van der Waals surface area contributed by atoms with Gasteiger partial charge in [0.05, 0.1) is 22.1 Å². The Labute approximate surface area is 219 Å². The van der Waals surface area contributed by atoms with Crippen molar-refractivity contribution in [3.05, 3.63) is 71.8 Å². The number of primary amides is 1. The number of amides is 2. The van der Waals surface area contributed by atoms with Crippen LogP contribution in [-0.2, 0) is 0 Å². The molecule has 0 aliphatic carbocycles. The van der Waals surface area contributed by atoms with Crippen molar-refractivity contribution in [3.8, 4) is 22.8 Å². The maximum absolute atomic E-state index is 12.7. The van der Waals surface area contributed by atoms with Crippen LogP contribution >= 0.6 is 0 Å². The number of likely N-dealkylation sites (tertiary alicyclic amines) is 1. The van der Waals surface area contributed by atoms with E-state index in [-0.39, 0.29) is 5.91 Å². The molecule has 9 heteroatoms. The van der Waals surface area contributed by atoms with Crippen molar-refractivity contribution < 1.29 is 9.59 Å². The highest BCUT2D eigenvalue weighted by Gasteiger charge is 2.13. The summed E-state index contributed by atoms with van der Waals surface area (Å²) >= 11 is 0. The lowest BCUT2D eigenvalue weighted by atomic mass is 10.1. The highest BCUT2D eigenvalue weighted by molar-refractivity contribution is 5.98. The minimum Gasteiger partial charge on any atom is -0.366 e. The molecule has 0 atom stereocenters.